The van der Waals surface area contributed by atoms with Gasteiger partial charge in [-0.05, 0) is 46.0 Å². The highest BCUT2D eigenvalue weighted by Crippen LogP contribution is 2.28. The number of hydrogen-bond acceptors (Lipinski definition) is 5. The molecule has 114 valence electrons. The molecule has 1 aliphatic heterocycles. The molecule has 0 aromatic heterocycles. The predicted molar refractivity (Wildman–Crippen MR) is 82.0 cm³/mol. The van der Waals surface area contributed by atoms with Crippen molar-refractivity contribution in [2.24, 2.45) is 0 Å². The van der Waals surface area contributed by atoms with Gasteiger partial charge < -0.3 is 9.80 Å². The van der Waals surface area contributed by atoms with Crippen LogP contribution < -0.4 is 4.90 Å². The minimum atomic E-state index is -0.477. The topological polar surface area (TPSA) is 66.7 Å². The lowest BCUT2D eigenvalue weighted by atomic mass is 10.1. The van der Waals surface area contributed by atoms with Gasteiger partial charge in [-0.3, -0.25) is 14.9 Å². The van der Waals surface area contributed by atoms with Crippen LogP contribution in [0.1, 0.15) is 30.6 Å². The molecule has 0 radical (unpaired) electrons. The Balaban J connectivity index is 2.37. The van der Waals surface area contributed by atoms with Gasteiger partial charge in [0, 0.05) is 30.9 Å². The maximum atomic E-state index is 11.5. The molecule has 0 spiro atoms. The van der Waals surface area contributed by atoms with Gasteiger partial charge >= 0.3 is 0 Å². The summed E-state index contributed by atoms with van der Waals surface area (Å²) in [6.07, 6.45) is 1.02. The monoisotopic (exact) mass is 291 g/mol. The molecule has 1 aliphatic rings. The van der Waals surface area contributed by atoms with E-state index in [9.17, 15) is 14.9 Å². The second kappa shape index (κ2) is 6.22. The number of carbonyl (C=O) groups is 1. The number of carbonyl (C=O) groups excluding carboxylic acids is 1. The van der Waals surface area contributed by atoms with Crippen molar-refractivity contribution in [2.45, 2.75) is 26.3 Å². The van der Waals surface area contributed by atoms with E-state index >= 15 is 0 Å². The molecule has 1 atom stereocenters. The molecule has 0 aliphatic carbocycles. The average Bonchev–Trinajstić information content (AvgIpc) is 2.58. The van der Waals surface area contributed by atoms with Gasteiger partial charge in [-0.15, -0.1) is 0 Å². The Labute approximate surface area is 124 Å². The fraction of sp³-hybridized carbons (Fsp3) is 0.533. The summed E-state index contributed by atoms with van der Waals surface area (Å²) in [5, 5.41) is 11.2. The molecule has 6 nitrogen and oxygen atoms in total. The van der Waals surface area contributed by atoms with E-state index in [1.807, 2.05) is 6.07 Å². The molecule has 1 heterocycles. The molecular weight excluding hydrogens is 270 g/mol. The highest BCUT2D eigenvalue weighted by molar-refractivity contribution is 5.98. The lowest BCUT2D eigenvalue weighted by Crippen LogP contribution is -2.37. The Morgan fingerprint density at radius 3 is 2.71 bits per heavy atom. The standard InChI is InChI=1S/C15H21N3O3/c1-11-10-16(3)7-4-8-17(11)13-5-6-14(12(2)19)15(9-13)18(20)21/h5-6,9,11H,4,7-8,10H2,1-3H3. The van der Waals surface area contributed by atoms with Crippen molar-refractivity contribution in [3.8, 4) is 0 Å². The first kappa shape index (κ1) is 15.4. The summed E-state index contributed by atoms with van der Waals surface area (Å²) < 4.78 is 0. The van der Waals surface area contributed by atoms with Crippen LogP contribution in [-0.2, 0) is 0 Å². The zero-order valence-electron chi connectivity index (χ0n) is 12.7. The third-order valence-corrected chi connectivity index (χ3v) is 3.94. The van der Waals surface area contributed by atoms with E-state index in [4.69, 9.17) is 0 Å². The van der Waals surface area contributed by atoms with Crippen LogP contribution in [0.3, 0.4) is 0 Å². The summed E-state index contributed by atoms with van der Waals surface area (Å²) in [6, 6.07) is 5.18. The third-order valence-electron chi connectivity index (χ3n) is 3.94. The minimum absolute atomic E-state index is 0.107. The molecule has 1 aromatic rings. The van der Waals surface area contributed by atoms with Crippen molar-refractivity contribution >= 4 is 17.2 Å². The van der Waals surface area contributed by atoms with Crippen LogP contribution in [0.15, 0.2) is 18.2 Å². The minimum Gasteiger partial charge on any atom is -0.367 e. The normalized spacial score (nSPS) is 20.1. The maximum Gasteiger partial charge on any atom is 0.282 e. The molecule has 1 unspecified atom stereocenters. The zero-order valence-corrected chi connectivity index (χ0v) is 12.7. The Kier molecular flexibility index (Phi) is 4.57. The van der Waals surface area contributed by atoms with Crippen molar-refractivity contribution in [1.29, 1.82) is 0 Å². The predicted octanol–water partition coefficient (Wildman–Crippen LogP) is 2.33. The first-order valence-electron chi connectivity index (χ1n) is 7.14. The Bertz CT molecular complexity index is 559. The van der Waals surface area contributed by atoms with Crippen LogP contribution in [-0.4, -0.2) is 48.3 Å². The van der Waals surface area contributed by atoms with E-state index in [1.165, 1.54) is 13.0 Å². The van der Waals surface area contributed by atoms with Gasteiger partial charge in [-0.1, -0.05) is 0 Å². The van der Waals surface area contributed by atoms with Crippen molar-refractivity contribution in [3.63, 3.8) is 0 Å². The molecule has 0 saturated carbocycles. The molecular formula is C15H21N3O3. The number of nitrogens with zero attached hydrogens (tertiary/aromatic N) is 3. The van der Waals surface area contributed by atoms with Gasteiger partial charge in [-0.25, -0.2) is 0 Å². The number of ketones is 1. The van der Waals surface area contributed by atoms with Crippen LogP contribution >= 0.6 is 0 Å². The van der Waals surface area contributed by atoms with E-state index in [0.717, 1.165) is 31.7 Å². The summed E-state index contributed by atoms with van der Waals surface area (Å²) in [5.74, 6) is -0.281. The number of nitro benzene ring substituents is 1. The summed E-state index contributed by atoms with van der Waals surface area (Å²) in [7, 11) is 2.08. The van der Waals surface area contributed by atoms with Gasteiger partial charge in [0.15, 0.2) is 5.78 Å². The Hall–Kier alpha value is -1.95. The van der Waals surface area contributed by atoms with Crippen molar-refractivity contribution in [3.05, 3.63) is 33.9 Å². The summed E-state index contributed by atoms with van der Waals surface area (Å²) >= 11 is 0. The van der Waals surface area contributed by atoms with Crippen molar-refractivity contribution in [2.75, 3.05) is 31.6 Å². The first-order valence-corrected chi connectivity index (χ1v) is 7.14. The summed E-state index contributed by atoms with van der Waals surface area (Å²) in [5.41, 5.74) is 0.877. The van der Waals surface area contributed by atoms with Crippen LogP contribution in [0.25, 0.3) is 0 Å². The van der Waals surface area contributed by atoms with E-state index in [1.54, 1.807) is 6.07 Å². The summed E-state index contributed by atoms with van der Waals surface area (Å²) in [4.78, 5) is 26.7. The van der Waals surface area contributed by atoms with E-state index in [-0.39, 0.29) is 23.1 Å². The lowest BCUT2D eigenvalue weighted by molar-refractivity contribution is -0.385. The van der Waals surface area contributed by atoms with E-state index in [0.29, 0.717) is 0 Å². The highest BCUT2D eigenvalue weighted by Gasteiger charge is 2.24. The van der Waals surface area contributed by atoms with Gasteiger partial charge in [0.1, 0.15) is 0 Å². The van der Waals surface area contributed by atoms with Gasteiger partial charge in [0.2, 0.25) is 0 Å². The fourth-order valence-electron chi connectivity index (χ4n) is 2.90. The van der Waals surface area contributed by atoms with Crippen LogP contribution in [0.4, 0.5) is 11.4 Å². The quantitative estimate of drug-likeness (QED) is 0.486. The molecule has 6 heteroatoms. The van der Waals surface area contributed by atoms with Gasteiger partial charge in [0.25, 0.3) is 5.69 Å². The van der Waals surface area contributed by atoms with Gasteiger partial charge in [0.05, 0.1) is 10.5 Å². The SMILES string of the molecule is CC(=O)c1ccc(N2CCCN(C)CC2C)cc1[N+](=O)[O-]. The van der Waals surface area contributed by atoms with E-state index < -0.39 is 4.92 Å². The van der Waals surface area contributed by atoms with Crippen LogP contribution in [0.2, 0.25) is 0 Å². The lowest BCUT2D eigenvalue weighted by Gasteiger charge is -2.30. The molecule has 1 fully saturated rings. The maximum absolute atomic E-state index is 11.5. The molecule has 2 rings (SSSR count). The number of likely N-dealkylation sites (N-methyl/N-ethyl adjacent to an activating group) is 1. The number of benzene rings is 1. The van der Waals surface area contributed by atoms with E-state index in [2.05, 4.69) is 23.8 Å². The van der Waals surface area contributed by atoms with Crippen LogP contribution in [0.5, 0.6) is 0 Å². The number of anilines is 1. The first-order chi connectivity index (χ1) is 9.90. The van der Waals surface area contributed by atoms with Crippen LogP contribution in [0, 0.1) is 10.1 Å². The molecule has 21 heavy (non-hydrogen) atoms. The molecule has 1 saturated heterocycles. The van der Waals surface area contributed by atoms with Crippen molar-refractivity contribution < 1.29 is 9.72 Å². The fourth-order valence-corrected chi connectivity index (χ4v) is 2.90. The highest BCUT2D eigenvalue weighted by atomic mass is 16.6. The third kappa shape index (κ3) is 3.39. The number of nitro groups is 1. The molecule has 1 aromatic carbocycles. The van der Waals surface area contributed by atoms with Crippen molar-refractivity contribution in [1.82, 2.24) is 4.90 Å². The summed E-state index contributed by atoms with van der Waals surface area (Å²) in [6.45, 7) is 6.27. The number of hydrogen-bond donors (Lipinski definition) is 0. The largest absolute Gasteiger partial charge is 0.367 e. The Morgan fingerprint density at radius 2 is 2.10 bits per heavy atom. The van der Waals surface area contributed by atoms with Gasteiger partial charge in [-0.2, -0.15) is 0 Å². The molecule has 0 bridgehead atoms. The average molecular weight is 291 g/mol. The molecule has 0 N–H and O–H groups in total. The second-order valence-corrected chi connectivity index (χ2v) is 5.67. The number of rotatable bonds is 3. The molecule has 0 amide bonds. The zero-order chi connectivity index (χ0) is 15.6. The number of Topliss-reactive ketones (excluding diaryl/α,β-unsaturated/α-hetero) is 1. The smallest absolute Gasteiger partial charge is 0.282 e. The second-order valence-electron chi connectivity index (χ2n) is 5.67. The Morgan fingerprint density at radius 1 is 1.38 bits per heavy atom.